The summed E-state index contributed by atoms with van der Waals surface area (Å²) < 4.78 is 37.9. The van der Waals surface area contributed by atoms with Crippen molar-refractivity contribution in [3.05, 3.63) is 205 Å². The Bertz CT molecular complexity index is 3850. The lowest BCUT2D eigenvalue weighted by Gasteiger charge is -2.36. The molecule has 6 aromatic carbocycles. The lowest BCUT2D eigenvalue weighted by molar-refractivity contribution is -0.114. The zero-order valence-electron chi connectivity index (χ0n) is 52.0. The van der Waals surface area contributed by atoms with Crippen molar-refractivity contribution in [1.29, 1.82) is 0 Å². The molecule has 2 N–H and O–H groups in total. The van der Waals surface area contributed by atoms with E-state index in [4.69, 9.17) is 43.1 Å². The van der Waals surface area contributed by atoms with Crippen molar-refractivity contribution in [3.8, 4) is 28.7 Å². The quantitative estimate of drug-likeness (QED) is 0.0343. The van der Waals surface area contributed by atoms with Crippen LogP contribution in [0.4, 0.5) is 61.6 Å². The van der Waals surface area contributed by atoms with Gasteiger partial charge in [0.2, 0.25) is 11.9 Å². The third-order valence-electron chi connectivity index (χ3n) is 14.9. The van der Waals surface area contributed by atoms with Crippen LogP contribution in [0.5, 0.6) is 28.7 Å². The number of allylic oxidation sites excluding steroid dienone is 2. The van der Waals surface area contributed by atoms with Gasteiger partial charge in [0, 0.05) is 118 Å². The first-order valence-corrected chi connectivity index (χ1v) is 29.1. The molecule has 4 amide bonds. The van der Waals surface area contributed by atoms with E-state index in [0.717, 1.165) is 33.5 Å². The molecule has 22 heteroatoms. The van der Waals surface area contributed by atoms with E-state index in [1.807, 2.05) is 85.9 Å². The number of likely N-dealkylation sites (N-methyl/N-ethyl adjacent to an activating group) is 1. The third kappa shape index (κ3) is 16.3. The van der Waals surface area contributed by atoms with Crippen LogP contribution in [0.3, 0.4) is 0 Å². The van der Waals surface area contributed by atoms with Crippen LogP contribution in [-0.2, 0) is 58.1 Å². The monoisotopic (exact) mass is 1230 g/mol. The van der Waals surface area contributed by atoms with Crippen molar-refractivity contribution >= 4 is 75.6 Å². The van der Waals surface area contributed by atoms with Crippen molar-refractivity contribution in [2.75, 3.05) is 111 Å². The zero-order valence-corrected chi connectivity index (χ0v) is 52.0. The molecule has 2 aromatic heterocycles. The molecule has 22 nitrogen and oxygen atoms in total. The predicted octanol–water partition coefficient (Wildman–Crippen LogP) is 11.5. The Morgan fingerprint density at radius 3 is 1.41 bits per heavy atom. The van der Waals surface area contributed by atoms with Crippen LogP contribution in [0.1, 0.15) is 33.4 Å². The molecule has 0 atom stereocenters. The number of hydrogen-bond acceptors (Lipinski definition) is 18. The molecule has 4 heterocycles. The second-order valence-electron chi connectivity index (χ2n) is 21.0. The van der Waals surface area contributed by atoms with Crippen molar-refractivity contribution in [3.63, 3.8) is 0 Å². The van der Waals surface area contributed by atoms with E-state index in [1.165, 1.54) is 12.2 Å². The smallest absolute Gasteiger partial charge is 0.330 e. The number of ether oxygens (including phenoxy) is 7. The molecule has 2 aliphatic heterocycles. The van der Waals surface area contributed by atoms with Gasteiger partial charge in [0.15, 0.2) is 11.6 Å². The van der Waals surface area contributed by atoms with Gasteiger partial charge in [-0.1, -0.05) is 73.8 Å². The molecule has 0 saturated carbocycles. The third-order valence-corrected chi connectivity index (χ3v) is 14.9. The van der Waals surface area contributed by atoms with Gasteiger partial charge in [0.05, 0.1) is 79.2 Å². The lowest BCUT2D eigenvalue weighted by atomic mass is 10.0. The summed E-state index contributed by atoms with van der Waals surface area (Å²) in [5.74, 6) is 4.17. The highest BCUT2D eigenvalue weighted by Crippen LogP contribution is 2.39. The van der Waals surface area contributed by atoms with Gasteiger partial charge in [-0.05, 0) is 70.8 Å². The highest BCUT2D eigenvalue weighted by Gasteiger charge is 2.36. The van der Waals surface area contributed by atoms with E-state index in [9.17, 15) is 19.2 Å². The van der Waals surface area contributed by atoms with Crippen LogP contribution in [-0.4, -0.2) is 120 Å². The minimum absolute atomic E-state index is 0.107. The number of nitrogens with one attached hydrogen (secondary N) is 2. The second-order valence-corrected chi connectivity index (χ2v) is 21.0. The topological polar surface area (TPSA) is 225 Å². The maximum atomic E-state index is 14.2. The van der Waals surface area contributed by atoms with E-state index < -0.39 is 0 Å². The second kappa shape index (κ2) is 30.9. The van der Waals surface area contributed by atoms with Crippen LogP contribution in [0.15, 0.2) is 171 Å². The average molecular weight is 1230 g/mol. The summed E-state index contributed by atoms with van der Waals surface area (Å²) in [7, 11) is 11.5. The molecule has 0 aliphatic carbocycles. The average Bonchev–Trinajstić information content (AvgIpc) is 3.56. The number of amides is 4. The number of urea groups is 2. The van der Waals surface area contributed by atoms with Crippen LogP contribution < -0.4 is 58.8 Å². The Labute approximate surface area is 529 Å². The van der Waals surface area contributed by atoms with Crippen molar-refractivity contribution in [1.82, 2.24) is 19.9 Å². The van der Waals surface area contributed by atoms with Gasteiger partial charge in [-0.3, -0.25) is 29.2 Å². The predicted molar refractivity (Wildman–Crippen MR) is 351 cm³/mol. The SMILES string of the molecule is C=CC(=O)Cc1cc(N(C)CCOC)ccc1Nc1ncc2c(n1)N(Cc1ccccc1)C(=O)N(c1cc(OC)cc(OC)c1)C2.C=CC(=O)Cc1cc(OCCOC)ccc1Nc1ncc2c(n1)N(Cc1ccccc1)C(=O)N(c1cc(OC)cc(OC)c1)C2. The molecule has 0 fully saturated rings. The summed E-state index contributed by atoms with van der Waals surface area (Å²) in [5, 5.41) is 6.54. The largest absolute Gasteiger partial charge is 0.497 e. The molecule has 470 valence electrons. The van der Waals surface area contributed by atoms with Gasteiger partial charge in [0.1, 0.15) is 47.0 Å². The molecule has 91 heavy (non-hydrogen) atoms. The highest BCUT2D eigenvalue weighted by molar-refractivity contribution is 6.07. The fourth-order valence-corrected chi connectivity index (χ4v) is 10.0. The number of methoxy groups -OCH3 is 6. The molecular formula is C69H73N11O11. The molecule has 0 spiro atoms. The number of aromatic nitrogens is 4. The fraction of sp³-hybridized carbons (Fsp3) is 0.246. The fourth-order valence-electron chi connectivity index (χ4n) is 10.0. The van der Waals surface area contributed by atoms with Crippen LogP contribution >= 0.6 is 0 Å². The molecule has 0 unspecified atom stereocenters. The molecule has 8 aromatic rings. The Morgan fingerprint density at radius 2 is 0.978 bits per heavy atom. The first-order chi connectivity index (χ1) is 44.2. The van der Waals surface area contributed by atoms with Gasteiger partial charge in [-0.25, -0.2) is 19.6 Å². The van der Waals surface area contributed by atoms with Crippen molar-refractivity contribution < 1.29 is 52.3 Å². The number of hydrogen-bond donors (Lipinski definition) is 2. The van der Waals surface area contributed by atoms with Gasteiger partial charge in [-0.2, -0.15) is 9.97 Å². The number of nitrogens with zero attached hydrogens (tertiary/aromatic N) is 9. The van der Waals surface area contributed by atoms with Gasteiger partial charge in [0.25, 0.3) is 0 Å². The summed E-state index contributed by atoms with van der Waals surface area (Å²) >= 11 is 0. The number of anilines is 9. The minimum atomic E-state index is -0.263. The number of benzene rings is 6. The molecule has 2 aliphatic rings. The van der Waals surface area contributed by atoms with E-state index in [2.05, 4.69) is 38.7 Å². The number of carbonyl (C=O) groups excluding carboxylic acids is 4. The summed E-state index contributed by atoms with van der Waals surface area (Å²) in [4.78, 5) is 80.6. The number of fused-ring (bicyclic) bond motifs is 2. The Kier molecular flexibility index (Phi) is 21.9. The van der Waals surface area contributed by atoms with Gasteiger partial charge < -0.3 is 48.7 Å². The first kappa shape index (κ1) is 64.6. The van der Waals surface area contributed by atoms with Crippen molar-refractivity contribution in [2.24, 2.45) is 0 Å². The molecule has 0 saturated heterocycles. The minimum Gasteiger partial charge on any atom is -0.497 e. The summed E-state index contributed by atoms with van der Waals surface area (Å²) in [6.07, 6.45) is 6.29. The molecule has 10 rings (SSSR count). The molecule has 0 bridgehead atoms. The van der Waals surface area contributed by atoms with Crippen LogP contribution in [0, 0.1) is 0 Å². The lowest BCUT2D eigenvalue weighted by Crippen LogP contribution is -2.47. The highest BCUT2D eigenvalue weighted by atomic mass is 16.5. The standard InChI is InChI=1S/C35H38N6O5.C34H35N5O6/c1-6-29(42)17-25-16-27(39(2)14-15-44-3)12-13-32(25)37-34-36-21-26-23-40(28-18-30(45-4)20-31(19-28)46-5)35(43)41(33(26)38-34)22-24-10-8-7-9-11-24;1-5-27(40)15-24-16-28(45-14-13-42-2)11-12-31(24)36-33-35-20-25-22-38(26-17-29(43-3)19-30(18-26)44-4)34(41)39(32(25)37-33)21-23-9-7-6-8-10-23/h6-13,16,18-21H,1,14-15,17,22-23H2,2-5H3,(H,36,37,38);5-12,16-20H,1,13-15,21-22H2,2-4H3,(H,35,36,37). The van der Waals surface area contributed by atoms with E-state index in [1.54, 1.807) is 129 Å². The maximum Gasteiger partial charge on any atom is 0.330 e. The Hall–Kier alpha value is -10.8. The molecular weight excluding hydrogens is 1160 g/mol. The zero-order chi connectivity index (χ0) is 64.4. The van der Waals surface area contributed by atoms with Gasteiger partial charge in [-0.15, -0.1) is 0 Å². The van der Waals surface area contributed by atoms with Crippen molar-refractivity contribution in [2.45, 2.75) is 39.0 Å². The van der Waals surface area contributed by atoms with E-state index >= 15 is 0 Å². The summed E-state index contributed by atoms with van der Waals surface area (Å²) in [6.45, 7) is 10.4. The van der Waals surface area contributed by atoms with Gasteiger partial charge >= 0.3 is 12.1 Å². The maximum absolute atomic E-state index is 14.2. The summed E-state index contributed by atoms with van der Waals surface area (Å²) in [5.41, 5.74) is 8.34. The normalized spacial score (nSPS) is 12.4. The van der Waals surface area contributed by atoms with E-state index in [0.29, 0.717) is 108 Å². The number of rotatable bonds is 28. The first-order valence-electron chi connectivity index (χ1n) is 29.1. The Balaban J connectivity index is 0.000000215. The molecule has 0 radical (unpaired) electrons. The van der Waals surface area contributed by atoms with E-state index in [-0.39, 0.29) is 62.1 Å². The Morgan fingerprint density at radius 1 is 0.538 bits per heavy atom. The summed E-state index contributed by atoms with van der Waals surface area (Å²) in [6, 6.07) is 40.8. The number of ketones is 2. The van der Waals surface area contributed by atoms with Crippen LogP contribution in [0.2, 0.25) is 0 Å². The van der Waals surface area contributed by atoms with Crippen LogP contribution in [0.25, 0.3) is 0 Å². The number of carbonyl (C=O) groups is 4.